The number of nitrogens with zero attached hydrogens (tertiary/aromatic N) is 4. The van der Waals surface area contributed by atoms with Gasteiger partial charge in [0.2, 0.25) is 11.8 Å². The Labute approximate surface area is 172 Å². The van der Waals surface area contributed by atoms with Crippen LogP contribution < -0.4 is 4.74 Å². The van der Waals surface area contributed by atoms with Gasteiger partial charge in [-0.1, -0.05) is 37.3 Å². The summed E-state index contributed by atoms with van der Waals surface area (Å²) >= 11 is 0. The Morgan fingerprint density at radius 2 is 1.79 bits per heavy atom. The van der Waals surface area contributed by atoms with E-state index in [9.17, 15) is 4.79 Å². The van der Waals surface area contributed by atoms with Crippen molar-refractivity contribution < 1.29 is 9.53 Å². The van der Waals surface area contributed by atoms with E-state index in [0.29, 0.717) is 17.6 Å². The number of aromatic nitrogens is 2. The molecule has 1 unspecified atom stereocenters. The van der Waals surface area contributed by atoms with Gasteiger partial charge in [0.1, 0.15) is 0 Å². The summed E-state index contributed by atoms with van der Waals surface area (Å²) in [5.41, 5.74) is 3.08. The van der Waals surface area contributed by atoms with Gasteiger partial charge in [-0.25, -0.2) is 4.98 Å². The van der Waals surface area contributed by atoms with Crippen LogP contribution in [0.15, 0.2) is 30.3 Å². The molecule has 1 aromatic carbocycles. The second-order valence-corrected chi connectivity index (χ2v) is 7.88. The molecule has 1 aliphatic heterocycles. The first-order valence-electron chi connectivity index (χ1n) is 10.7. The number of likely N-dealkylation sites (N-methyl/N-ethyl adjacent to an activating group) is 1. The molecule has 1 amide bonds. The zero-order chi connectivity index (χ0) is 20.2. The number of rotatable bonds is 4. The average molecular weight is 395 g/mol. The number of ether oxygens (including phenoxy) is 1. The van der Waals surface area contributed by atoms with Crippen LogP contribution >= 0.6 is 0 Å². The smallest absolute Gasteiger partial charge is 0.225 e. The lowest BCUT2D eigenvalue weighted by Gasteiger charge is -2.35. The van der Waals surface area contributed by atoms with Gasteiger partial charge in [0.05, 0.1) is 12.8 Å². The molecule has 1 fully saturated rings. The third kappa shape index (κ3) is 4.27. The van der Waals surface area contributed by atoms with Crippen LogP contribution in [0.25, 0.3) is 11.4 Å². The van der Waals surface area contributed by atoms with Gasteiger partial charge in [-0.15, -0.1) is 0 Å². The van der Waals surface area contributed by atoms with E-state index in [1.807, 2.05) is 30.3 Å². The fourth-order valence-electron chi connectivity index (χ4n) is 4.41. The minimum atomic E-state index is 0.0576. The topological polar surface area (TPSA) is 58.6 Å². The molecule has 2 aliphatic rings. The number of piperazine rings is 1. The normalized spacial score (nSPS) is 20.1. The van der Waals surface area contributed by atoms with Crippen LogP contribution in [-0.4, -0.2) is 65.5 Å². The predicted octanol–water partition coefficient (Wildman–Crippen LogP) is 2.81. The zero-order valence-corrected chi connectivity index (χ0v) is 17.4. The minimum absolute atomic E-state index is 0.0576. The Bertz CT molecular complexity index is 847. The maximum absolute atomic E-state index is 13.1. The van der Waals surface area contributed by atoms with E-state index in [2.05, 4.69) is 21.7 Å². The van der Waals surface area contributed by atoms with Crippen molar-refractivity contribution in [3.05, 3.63) is 41.6 Å². The molecule has 4 rings (SSSR count). The van der Waals surface area contributed by atoms with Gasteiger partial charge in [0.25, 0.3) is 0 Å². The highest BCUT2D eigenvalue weighted by Gasteiger charge is 2.30. The molecule has 6 heteroatoms. The van der Waals surface area contributed by atoms with E-state index >= 15 is 0 Å². The predicted molar refractivity (Wildman–Crippen MR) is 113 cm³/mol. The van der Waals surface area contributed by atoms with Crippen molar-refractivity contribution in [1.82, 2.24) is 19.8 Å². The molecule has 0 spiro atoms. The molecule has 2 heterocycles. The van der Waals surface area contributed by atoms with Gasteiger partial charge in [0, 0.05) is 43.2 Å². The van der Waals surface area contributed by atoms with E-state index < -0.39 is 0 Å². The van der Waals surface area contributed by atoms with Crippen LogP contribution in [0.1, 0.15) is 31.0 Å². The van der Waals surface area contributed by atoms with E-state index in [1.54, 1.807) is 7.11 Å². The van der Waals surface area contributed by atoms with Gasteiger partial charge in [0.15, 0.2) is 5.82 Å². The van der Waals surface area contributed by atoms with Gasteiger partial charge in [-0.3, -0.25) is 4.79 Å². The van der Waals surface area contributed by atoms with Gasteiger partial charge >= 0.3 is 0 Å². The second-order valence-electron chi connectivity index (χ2n) is 7.88. The van der Waals surface area contributed by atoms with Crippen molar-refractivity contribution in [3.8, 4) is 17.3 Å². The SMILES string of the molecule is CCN1CCN(C(=O)C2CCc3nc(-c4ccccc4)nc(OC)c3CC2)CC1. The van der Waals surface area contributed by atoms with Gasteiger partial charge in [-0.2, -0.15) is 4.98 Å². The number of fused-ring (bicyclic) bond motifs is 1. The van der Waals surface area contributed by atoms with Crippen LogP contribution in [-0.2, 0) is 17.6 Å². The van der Waals surface area contributed by atoms with E-state index in [1.165, 1.54) is 0 Å². The monoisotopic (exact) mass is 394 g/mol. The largest absolute Gasteiger partial charge is 0.481 e. The molecule has 1 aromatic heterocycles. The summed E-state index contributed by atoms with van der Waals surface area (Å²) in [7, 11) is 1.66. The lowest BCUT2D eigenvalue weighted by molar-refractivity contribution is -0.137. The first-order valence-corrected chi connectivity index (χ1v) is 10.7. The lowest BCUT2D eigenvalue weighted by atomic mass is 9.97. The van der Waals surface area contributed by atoms with Crippen molar-refractivity contribution in [2.75, 3.05) is 39.8 Å². The molecule has 6 nitrogen and oxygen atoms in total. The molecular formula is C23H30N4O2. The van der Waals surface area contributed by atoms with Gasteiger partial charge < -0.3 is 14.5 Å². The number of carbonyl (C=O) groups is 1. The van der Waals surface area contributed by atoms with Crippen LogP contribution in [0.3, 0.4) is 0 Å². The van der Waals surface area contributed by atoms with Crippen molar-refractivity contribution in [3.63, 3.8) is 0 Å². The van der Waals surface area contributed by atoms with Crippen molar-refractivity contribution in [2.45, 2.75) is 32.6 Å². The van der Waals surface area contributed by atoms with Crippen molar-refractivity contribution >= 4 is 5.91 Å². The third-order valence-corrected chi connectivity index (χ3v) is 6.23. The molecule has 0 N–H and O–H groups in total. The quantitative estimate of drug-likeness (QED) is 0.747. The summed E-state index contributed by atoms with van der Waals surface area (Å²) in [5, 5.41) is 0. The third-order valence-electron chi connectivity index (χ3n) is 6.23. The Kier molecular flexibility index (Phi) is 6.09. The summed E-state index contributed by atoms with van der Waals surface area (Å²) < 4.78 is 5.61. The van der Waals surface area contributed by atoms with Crippen LogP contribution in [0.4, 0.5) is 0 Å². The Hall–Kier alpha value is -2.47. The van der Waals surface area contributed by atoms with Crippen LogP contribution in [0.2, 0.25) is 0 Å². The number of hydrogen-bond donors (Lipinski definition) is 0. The molecule has 1 aliphatic carbocycles. The van der Waals surface area contributed by atoms with Crippen molar-refractivity contribution in [1.29, 1.82) is 0 Å². The number of methoxy groups -OCH3 is 1. The molecule has 0 radical (unpaired) electrons. The average Bonchev–Trinajstić information content (AvgIpc) is 3.01. The fourth-order valence-corrected chi connectivity index (χ4v) is 4.41. The molecule has 154 valence electrons. The number of amides is 1. The number of carbonyl (C=O) groups excluding carboxylic acids is 1. The fraction of sp³-hybridized carbons (Fsp3) is 0.522. The van der Waals surface area contributed by atoms with E-state index in [4.69, 9.17) is 9.72 Å². The first-order chi connectivity index (χ1) is 14.2. The molecular weight excluding hydrogens is 364 g/mol. The minimum Gasteiger partial charge on any atom is -0.481 e. The van der Waals surface area contributed by atoms with Crippen LogP contribution in [0.5, 0.6) is 5.88 Å². The summed E-state index contributed by atoms with van der Waals surface area (Å²) in [5.74, 6) is 1.71. The highest BCUT2D eigenvalue weighted by atomic mass is 16.5. The summed E-state index contributed by atoms with van der Waals surface area (Å²) in [4.78, 5) is 27.1. The molecule has 0 saturated carbocycles. The highest BCUT2D eigenvalue weighted by molar-refractivity contribution is 5.79. The first kappa shape index (κ1) is 19.8. The number of benzene rings is 1. The van der Waals surface area contributed by atoms with E-state index in [0.717, 1.165) is 75.2 Å². The standard InChI is InChI=1S/C23H30N4O2/c1-3-26-13-15-27(16-14-26)23(28)18-9-11-19-20(12-10-18)24-21(25-22(19)29-2)17-7-5-4-6-8-17/h4-8,18H,3,9-16H2,1-2H3. The maximum atomic E-state index is 13.1. The highest BCUT2D eigenvalue weighted by Crippen LogP contribution is 2.32. The molecule has 2 aromatic rings. The van der Waals surface area contributed by atoms with Crippen LogP contribution in [0, 0.1) is 5.92 Å². The van der Waals surface area contributed by atoms with E-state index in [-0.39, 0.29) is 5.92 Å². The Morgan fingerprint density at radius 3 is 2.48 bits per heavy atom. The Balaban J connectivity index is 1.51. The maximum Gasteiger partial charge on any atom is 0.225 e. The van der Waals surface area contributed by atoms with Crippen molar-refractivity contribution in [2.24, 2.45) is 5.92 Å². The summed E-state index contributed by atoms with van der Waals surface area (Å²) in [6, 6.07) is 9.99. The number of aryl methyl sites for hydroxylation is 1. The summed E-state index contributed by atoms with van der Waals surface area (Å²) in [6.07, 6.45) is 3.26. The molecule has 1 saturated heterocycles. The Morgan fingerprint density at radius 1 is 1.07 bits per heavy atom. The lowest BCUT2D eigenvalue weighted by Crippen LogP contribution is -2.50. The molecule has 29 heavy (non-hydrogen) atoms. The van der Waals surface area contributed by atoms with Gasteiger partial charge in [-0.05, 0) is 32.2 Å². The number of hydrogen-bond acceptors (Lipinski definition) is 5. The summed E-state index contributed by atoms with van der Waals surface area (Å²) in [6.45, 7) is 6.89. The molecule has 1 atom stereocenters. The zero-order valence-electron chi connectivity index (χ0n) is 17.4. The molecule has 0 bridgehead atoms. The second kappa shape index (κ2) is 8.91.